The molecule has 0 saturated carbocycles. The van der Waals surface area contributed by atoms with Gasteiger partial charge in [0.05, 0.1) is 10.8 Å². The van der Waals surface area contributed by atoms with Crippen LogP contribution in [0, 0.1) is 5.92 Å². The second kappa shape index (κ2) is 10.6. The van der Waals surface area contributed by atoms with E-state index in [4.69, 9.17) is 16.3 Å². The topological polar surface area (TPSA) is 104 Å². The number of hydrogen-bond donors (Lipinski definition) is 0. The van der Waals surface area contributed by atoms with Crippen LogP contribution in [0.4, 0.5) is 0 Å². The fraction of sp³-hybridized carbons (Fsp3) is 0.571. The summed E-state index contributed by atoms with van der Waals surface area (Å²) in [6.07, 6.45) is 1.74. The molecule has 2 fully saturated rings. The third-order valence-corrected chi connectivity index (χ3v) is 7.96. The molecule has 176 valence electrons. The van der Waals surface area contributed by atoms with E-state index in [0.717, 1.165) is 6.42 Å². The summed E-state index contributed by atoms with van der Waals surface area (Å²) >= 11 is 5.82. The first-order valence-corrected chi connectivity index (χ1v) is 12.5. The van der Waals surface area contributed by atoms with Crippen LogP contribution >= 0.6 is 11.6 Å². The maximum atomic E-state index is 12.7. The molecular weight excluding hydrogens is 458 g/mol. The minimum atomic E-state index is -3.66. The van der Waals surface area contributed by atoms with Gasteiger partial charge < -0.3 is 14.5 Å². The van der Waals surface area contributed by atoms with E-state index in [1.54, 1.807) is 11.8 Å². The van der Waals surface area contributed by atoms with E-state index in [2.05, 4.69) is 0 Å². The fourth-order valence-electron chi connectivity index (χ4n) is 3.90. The van der Waals surface area contributed by atoms with Crippen molar-refractivity contribution in [3.8, 4) is 0 Å². The number of sulfonamides is 1. The molecule has 9 nitrogen and oxygen atoms in total. The van der Waals surface area contributed by atoms with Crippen molar-refractivity contribution >= 4 is 39.4 Å². The van der Waals surface area contributed by atoms with Crippen LogP contribution < -0.4 is 0 Å². The fourth-order valence-corrected chi connectivity index (χ4v) is 5.44. The summed E-state index contributed by atoms with van der Waals surface area (Å²) in [4.78, 5) is 40.0. The zero-order valence-corrected chi connectivity index (χ0v) is 19.6. The van der Waals surface area contributed by atoms with Crippen molar-refractivity contribution in [3.63, 3.8) is 0 Å². The third kappa shape index (κ3) is 5.79. The summed E-state index contributed by atoms with van der Waals surface area (Å²) in [5.41, 5.74) is 0. The van der Waals surface area contributed by atoms with Crippen LogP contribution in [0.5, 0.6) is 0 Å². The number of esters is 1. The lowest BCUT2D eigenvalue weighted by Crippen LogP contribution is -2.51. The molecule has 0 aromatic heterocycles. The molecule has 0 bridgehead atoms. The second-order valence-electron chi connectivity index (χ2n) is 7.88. The van der Waals surface area contributed by atoms with Gasteiger partial charge in [-0.3, -0.25) is 14.4 Å². The van der Waals surface area contributed by atoms with E-state index in [1.807, 2.05) is 0 Å². The number of rotatable bonds is 6. The second-order valence-corrected chi connectivity index (χ2v) is 10.3. The monoisotopic (exact) mass is 485 g/mol. The molecule has 0 N–H and O–H groups in total. The van der Waals surface area contributed by atoms with Gasteiger partial charge in [0, 0.05) is 50.7 Å². The Kier molecular flexibility index (Phi) is 8.13. The summed E-state index contributed by atoms with van der Waals surface area (Å²) < 4.78 is 32.0. The van der Waals surface area contributed by atoms with Crippen molar-refractivity contribution in [2.24, 2.45) is 5.92 Å². The minimum Gasteiger partial charge on any atom is -0.455 e. The summed E-state index contributed by atoms with van der Waals surface area (Å²) in [7, 11) is -3.66. The molecule has 0 radical (unpaired) electrons. The van der Waals surface area contributed by atoms with Crippen LogP contribution in [0.2, 0.25) is 5.02 Å². The van der Waals surface area contributed by atoms with Crippen LogP contribution in [-0.2, 0) is 29.1 Å². The largest absolute Gasteiger partial charge is 0.455 e. The highest BCUT2D eigenvalue weighted by Crippen LogP contribution is 2.21. The molecule has 2 saturated heterocycles. The molecule has 0 aliphatic carbocycles. The van der Waals surface area contributed by atoms with Crippen molar-refractivity contribution in [1.82, 2.24) is 14.1 Å². The van der Waals surface area contributed by atoms with Gasteiger partial charge in [-0.25, -0.2) is 8.42 Å². The van der Waals surface area contributed by atoms with Gasteiger partial charge in [0.1, 0.15) is 0 Å². The molecule has 32 heavy (non-hydrogen) atoms. The van der Waals surface area contributed by atoms with E-state index in [0.29, 0.717) is 31.0 Å². The molecule has 2 aliphatic rings. The smallest absolute Gasteiger partial charge is 0.311 e. The van der Waals surface area contributed by atoms with Crippen LogP contribution in [0.15, 0.2) is 29.2 Å². The first-order valence-electron chi connectivity index (χ1n) is 10.7. The highest BCUT2D eigenvalue weighted by Gasteiger charge is 2.32. The lowest BCUT2D eigenvalue weighted by Gasteiger charge is -2.34. The first kappa shape index (κ1) is 24.5. The standard InChI is InChI=1S/C21H28ClN3O6S/c1-2-19(26)24-9-3-4-16(14-24)21(28)31-15-20(27)23-10-12-25(13-11-23)32(29,30)18-7-5-17(22)6-8-18/h5-8,16H,2-4,9-15H2,1H3. The zero-order valence-electron chi connectivity index (χ0n) is 18.0. The number of carbonyl (C=O) groups is 3. The molecular formula is C21H28ClN3O6S. The quantitative estimate of drug-likeness (QED) is 0.563. The van der Waals surface area contributed by atoms with Gasteiger partial charge in [0.15, 0.2) is 6.61 Å². The molecule has 3 rings (SSSR count). The van der Waals surface area contributed by atoms with Crippen LogP contribution in [-0.4, -0.2) is 86.2 Å². The average Bonchev–Trinajstić information content (AvgIpc) is 2.82. The van der Waals surface area contributed by atoms with Crippen molar-refractivity contribution in [1.29, 1.82) is 0 Å². The van der Waals surface area contributed by atoms with Crippen LogP contribution in [0.3, 0.4) is 0 Å². The number of piperazine rings is 1. The molecule has 11 heteroatoms. The van der Waals surface area contributed by atoms with Crippen molar-refractivity contribution in [2.45, 2.75) is 31.1 Å². The van der Waals surface area contributed by atoms with E-state index in [1.165, 1.54) is 33.5 Å². The SMILES string of the molecule is CCC(=O)N1CCCC(C(=O)OCC(=O)N2CCN(S(=O)(=O)c3ccc(Cl)cc3)CC2)C1. The third-order valence-electron chi connectivity index (χ3n) is 5.79. The number of likely N-dealkylation sites (tertiary alicyclic amines) is 1. The maximum absolute atomic E-state index is 12.7. The number of ether oxygens (including phenoxy) is 1. The van der Waals surface area contributed by atoms with Crippen molar-refractivity contribution in [3.05, 3.63) is 29.3 Å². The lowest BCUT2D eigenvalue weighted by molar-refractivity contribution is -0.158. The number of piperidine rings is 1. The number of halogens is 1. The Morgan fingerprint density at radius 2 is 1.66 bits per heavy atom. The Balaban J connectivity index is 1.47. The van der Waals surface area contributed by atoms with E-state index in [9.17, 15) is 22.8 Å². The molecule has 1 atom stereocenters. The molecule has 2 heterocycles. The molecule has 2 aliphatic heterocycles. The Bertz CT molecular complexity index is 945. The highest BCUT2D eigenvalue weighted by atomic mass is 35.5. The van der Waals surface area contributed by atoms with Crippen LogP contribution in [0.1, 0.15) is 26.2 Å². The Hall–Kier alpha value is -2.17. The average molecular weight is 486 g/mol. The number of benzene rings is 1. The zero-order chi connectivity index (χ0) is 23.3. The van der Waals surface area contributed by atoms with Crippen molar-refractivity contribution < 1.29 is 27.5 Å². The van der Waals surface area contributed by atoms with E-state index < -0.39 is 21.9 Å². The molecule has 1 aromatic carbocycles. The van der Waals surface area contributed by atoms with Gasteiger partial charge in [-0.2, -0.15) is 4.31 Å². The maximum Gasteiger partial charge on any atom is 0.311 e. The summed E-state index contributed by atoms with van der Waals surface area (Å²) in [6.45, 7) is 3.09. The Labute approximate surface area is 193 Å². The normalized spacial score (nSPS) is 20.1. The van der Waals surface area contributed by atoms with Gasteiger partial charge in [-0.1, -0.05) is 18.5 Å². The Morgan fingerprint density at radius 3 is 2.28 bits per heavy atom. The van der Waals surface area contributed by atoms with Gasteiger partial charge in [-0.05, 0) is 37.1 Å². The molecule has 2 amide bonds. The number of nitrogens with zero attached hydrogens (tertiary/aromatic N) is 3. The van der Waals surface area contributed by atoms with E-state index in [-0.39, 0.29) is 49.5 Å². The van der Waals surface area contributed by atoms with Gasteiger partial charge >= 0.3 is 5.97 Å². The first-order chi connectivity index (χ1) is 15.2. The van der Waals surface area contributed by atoms with Gasteiger partial charge in [0.2, 0.25) is 15.9 Å². The number of hydrogen-bond acceptors (Lipinski definition) is 6. The van der Waals surface area contributed by atoms with Crippen molar-refractivity contribution in [2.75, 3.05) is 45.9 Å². The lowest BCUT2D eigenvalue weighted by atomic mass is 9.98. The molecule has 0 spiro atoms. The predicted octanol–water partition coefficient (Wildman–Crippen LogP) is 1.36. The van der Waals surface area contributed by atoms with Crippen LogP contribution in [0.25, 0.3) is 0 Å². The highest BCUT2D eigenvalue weighted by molar-refractivity contribution is 7.89. The predicted molar refractivity (Wildman–Crippen MR) is 117 cm³/mol. The number of amides is 2. The van der Waals surface area contributed by atoms with Gasteiger partial charge in [0.25, 0.3) is 5.91 Å². The summed E-state index contributed by atoms with van der Waals surface area (Å²) in [5.74, 6) is -1.26. The minimum absolute atomic E-state index is 0.00463. The Morgan fingerprint density at radius 1 is 1.00 bits per heavy atom. The van der Waals surface area contributed by atoms with Gasteiger partial charge in [-0.15, -0.1) is 0 Å². The number of carbonyl (C=O) groups excluding carboxylic acids is 3. The molecule has 1 unspecified atom stereocenters. The summed E-state index contributed by atoms with van der Waals surface area (Å²) in [6, 6.07) is 5.95. The summed E-state index contributed by atoms with van der Waals surface area (Å²) in [5, 5.41) is 0.451. The van der Waals surface area contributed by atoms with E-state index >= 15 is 0 Å². The molecule has 1 aromatic rings.